The van der Waals surface area contributed by atoms with Crippen LogP contribution in [0.25, 0.3) is 27.5 Å². The van der Waals surface area contributed by atoms with Gasteiger partial charge in [0.2, 0.25) is 0 Å². The van der Waals surface area contributed by atoms with Gasteiger partial charge < -0.3 is 4.57 Å². The maximum Gasteiger partial charge on any atom is 0.0541 e. The molecule has 0 fully saturated rings. The van der Waals surface area contributed by atoms with Crippen molar-refractivity contribution in [3.63, 3.8) is 0 Å². The number of fused-ring (bicyclic) bond motifs is 3. The van der Waals surface area contributed by atoms with E-state index in [1.165, 1.54) is 56.9 Å². The van der Waals surface area contributed by atoms with Crippen molar-refractivity contribution in [1.82, 2.24) is 4.57 Å². The summed E-state index contributed by atoms with van der Waals surface area (Å²) in [6.45, 7) is 6.36. The number of hydrogen-bond acceptors (Lipinski definition) is 0. The fourth-order valence-corrected chi connectivity index (χ4v) is 13.9. The van der Waals surface area contributed by atoms with E-state index in [0.717, 1.165) is 5.75 Å². The molecular formula is C47H45NS2. The van der Waals surface area contributed by atoms with Crippen molar-refractivity contribution in [2.75, 3.05) is 12.0 Å². The summed E-state index contributed by atoms with van der Waals surface area (Å²) in [5.41, 5.74) is 3.65. The molecule has 1 heterocycles. The molecule has 8 rings (SSSR count). The van der Waals surface area contributed by atoms with Crippen molar-refractivity contribution >= 4 is 41.9 Å². The van der Waals surface area contributed by atoms with Gasteiger partial charge in [-0.2, -0.15) is 20.1 Å². The zero-order valence-electron chi connectivity index (χ0n) is 29.4. The first-order valence-electron chi connectivity index (χ1n) is 17.6. The smallest absolute Gasteiger partial charge is 0.0541 e. The average Bonchev–Trinajstić information content (AvgIpc) is 3.54. The van der Waals surface area contributed by atoms with Crippen LogP contribution in [0, 0.1) is 0 Å². The lowest BCUT2D eigenvalue weighted by Crippen LogP contribution is -2.06. The predicted molar refractivity (Wildman–Crippen MR) is 219 cm³/mol. The molecule has 0 saturated heterocycles. The summed E-state index contributed by atoms with van der Waals surface area (Å²) < 4.78 is 2.45. The largest absolute Gasteiger partial charge is 0.309 e. The predicted octanol–water partition coefficient (Wildman–Crippen LogP) is 14.0. The molecular weight excluding hydrogens is 643 g/mol. The summed E-state index contributed by atoms with van der Waals surface area (Å²) in [4.78, 5) is 8.29. The van der Waals surface area contributed by atoms with Crippen LogP contribution in [0.4, 0.5) is 0 Å². The Kier molecular flexibility index (Phi) is 9.72. The third kappa shape index (κ3) is 5.65. The zero-order chi connectivity index (χ0) is 34.6. The van der Waals surface area contributed by atoms with Crippen LogP contribution in [0.1, 0.15) is 20.8 Å². The Morgan fingerprint density at radius 3 is 1.18 bits per heavy atom. The molecule has 3 heteroatoms. The summed E-state index contributed by atoms with van der Waals surface area (Å²) in [7, 11) is -3.04. The van der Waals surface area contributed by atoms with Gasteiger partial charge in [-0.3, -0.25) is 0 Å². The molecule has 0 unspecified atom stereocenters. The number of nitrogens with zero attached hydrogens (tertiary/aromatic N) is 1. The lowest BCUT2D eigenvalue weighted by atomic mass is 10.1. The van der Waals surface area contributed by atoms with Crippen LogP contribution in [0.5, 0.6) is 0 Å². The number of para-hydroxylation sites is 1. The second-order valence-electron chi connectivity index (χ2n) is 12.2. The van der Waals surface area contributed by atoms with E-state index in [1.807, 2.05) is 13.8 Å². The third-order valence-electron chi connectivity index (χ3n) is 9.75. The standard InChI is InChI=1S/C45H39NS2.C2H6/c1-3-48(38-25-15-7-16-26-38,39-27-17-8-18-28-39)41-30-32-45-43(34-41)42-33-40(29-31-44(42)46(45)35-19-9-4-10-20-35)47(2,36-21-11-5-12-22-36)37-23-13-6-14-24-37;1-2/h4-34H,3H2,1-2H3;1-2H3. The molecule has 0 aliphatic heterocycles. The highest BCUT2D eigenvalue weighted by atomic mass is 32.3. The van der Waals surface area contributed by atoms with E-state index in [-0.39, 0.29) is 0 Å². The molecule has 8 aromatic rings. The van der Waals surface area contributed by atoms with E-state index in [9.17, 15) is 0 Å². The number of hydrogen-bond donors (Lipinski definition) is 0. The highest BCUT2D eigenvalue weighted by Gasteiger charge is 2.31. The SMILES string of the molecule is CC.CCS(c1ccccc1)(c1ccccc1)c1ccc2c(c1)c1cc(S(C)(c3ccccc3)c3ccccc3)ccc1n2-c1ccccc1. The first kappa shape index (κ1) is 33.5. The van der Waals surface area contributed by atoms with Crippen LogP contribution in [-0.4, -0.2) is 16.6 Å². The third-order valence-corrected chi connectivity index (χ3v) is 17.5. The molecule has 0 aliphatic carbocycles. The van der Waals surface area contributed by atoms with Gasteiger partial charge in [0.05, 0.1) is 11.0 Å². The summed E-state index contributed by atoms with van der Waals surface area (Å²) in [5.74, 6) is 1.03. The maximum atomic E-state index is 2.53. The topological polar surface area (TPSA) is 4.93 Å². The van der Waals surface area contributed by atoms with Crippen molar-refractivity contribution in [3.05, 3.63) is 188 Å². The normalized spacial score (nSPS) is 12.3. The Morgan fingerprint density at radius 2 is 0.760 bits per heavy atom. The Balaban J connectivity index is 0.00000193. The van der Waals surface area contributed by atoms with Crippen molar-refractivity contribution < 1.29 is 0 Å². The average molecular weight is 688 g/mol. The van der Waals surface area contributed by atoms with Crippen LogP contribution in [-0.2, 0) is 0 Å². The zero-order valence-corrected chi connectivity index (χ0v) is 31.0. The lowest BCUT2D eigenvalue weighted by molar-refractivity contribution is 1.17. The molecule has 0 radical (unpaired) electrons. The van der Waals surface area contributed by atoms with Gasteiger partial charge in [0.25, 0.3) is 0 Å². The Hall–Kier alpha value is -4.96. The highest BCUT2D eigenvalue weighted by Crippen LogP contribution is 2.69. The van der Waals surface area contributed by atoms with Gasteiger partial charge in [-0.1, -0.05) is 112 Å². The molecule has 1 aromatic heterocycles. The minimum Gasteiger partial charge on any atom is -0.309 e. The number of rotatable bonds is 8. The molecule has 0 atom stereocenters. The van der Waals surface area contributed by atoms with Crippen LogP contribution in [0.3, 0.4) is 0 Å². The van der Waals surface area contributed by atoms with E-state index in [0.29, 0.717) is 0 Å². The van der Waals surface area contributed by atoms with E-state index in [1.54, 1.807) is 0 Å². The van der Waals surface area contributed by atoms with E-state index < -0.39 is 20.1 Å². The van der Waals surface area contributed by atoms with Gasteiger partial charge in [0, 0.05) is 16.5 Å². The number of benzene rings is 7. The first-order chi connectivity index (χ1) is 24.6. The molecule has 0 amide bonds. The first-order valence-corrected chi connectivity index (χ1v) is 21.4. The molecule has 0 spiro atoms. The lowest BCUT2D eigenvalue weighted by Gasteiger charge is -2.41. The van der Waals surface area contributed by atoms with Crippen molar-refractivity contribution in [2.45, 2.75) is 50.1 Å². The van der Waals surface area contributed by atoms with Gasteiger partial charge in [-0.25, -0.2) is 0 Å². The summed E-state index contributed by atoms with van der Waals surface area (Å²) in [6.07, 6.45) is 2.46. The Morgan fingerprint density at radius 1 is 0.400 bits per heavy atom. The molecule has 250 valence electrons. The van der Waals surface area contributed by atoms with Gasteiger partial charge in [-0.15, -0.1) is 0 Å². The summed E-state index contributed by atoms with van der Waals surface area (Å²) >= 11 is 0. The molecule has 7 aromatic carbocycles. The van der Waals surface area contributed by atoms with Crippen molar-refractivity contribution in [1.29, 1.82) is 0 Å². The van der Waals surface area contributed by atoms with Gasteiger partial charge in [0.1, 0.15) is 0 Å². The molecule has 0 bridgehead atoms. The fourth-order valence-electron chi connectivity index (χ4n) is 7.31. The number of aromatic nitrogens is 1. The quantitative estimate of drug-likeness (QED) is 0.150. The van der Waals surface area contributed by atoms with Gasteiger partial charge >= 0.3 is 0 Å². The molecule has 0 N–H and O–H groups in total. The van der Waals surface area contributed by atoms with E-state index in [4.69, 9.17) is 0 Å². The van der Waals surface area contributed by atoms with Crippen LogP contribution >= 0.6 is 20.1 Å². The minimum absolute atomic E-state index is 1.03. The molecule has 1 nitrogen and oxygen atoms in total. The van der Waals surface area contributed by atoms with Crippen LogP contribution in [0.15, 0.2) is 217 Å². The molecule has 0 saturated carbocycles. The maximum absolute atomic E-state index is 2.53. The van der Waals surface area contributed by atoms with E-state index >= 15 is 0 Å². The monoisotopic (exact) mass is 687 g/mol. The Labute approximate surface area is 300 Å². The molecule has 50 heavy (non-hydrogen) atoms. The summed E-state index contributed by atoms with van der Waals surface area (Å²) in [5, 5.41) is 2.59. The van der Waals surface area contributed by atoms with Gasteiger partial charge in [0.15, 0.2) is 0 Å². The van der Waals surface area contributed by atoms with Crippen molar-refractivity contribution in [3.8, 4) is 5.69 Å². The molecule has 0 aliphatic rings. The highest BCUT2D eigenvalue weighted by molar-refractivity contribution is 8.34. The summed E-state index contributed by atoms with van der Waals surface area (Å²) in [6, 6.07) is 69.9. The van der Waals surface area contributed by atoms with Gasteiger partial charge in [-0.05, 0) is 138 Å². The fraction of sp³-hybridized carbons (Fsp3) is 0.106. The van der Waals surface area contributed by atoms with Crippen LogP contribution < -0.4 is 0 Å². The second-order valence-corrected chi connectivity index (χ2v) is 18.9. The van der Waals surface area contributed by atoms with Crippen LogP contribution in [0.2, 0.25) is 0 Å². The van der Waals surface area contributed by atoms with Crippen molar-refractivity contribution in [2.24, 2.45) is 0 Å². The van der Waals surface area contributed by atoms with E-state index in [2.05, 4.69) is 206 Å². The Bertz CT molecular complexity index is 2240. The second kappa shape index (κ2) is 14.5. The minimum atomic E-state index is -1.52.